The molecule has 5 nitrogen and oxygen atoms in total. The van der Waals surface area contributed by atoms with E-state index in [0.717, 1.165) is 0 Å². The van der Waals surface area contributed by atoms with E-state index >= 15 is 0 Å². The van der Waals surface area contributed by atoms with E-state index in [0.29, 0.717) is 0 Å². The van der Waals surface area contributed by atoms with Crippen molar-refractivity contribution < 1.29 is 25.2 Å². The predicted octanol–water partition coefficient (Wildman–Crippen LogP) is -2.29. The van der Waals surface area contributed by atoms with Crippen LogP contribution in [0.4, 0.5) is 0 Å². The van der Waals surface area contributed by atoms with Gasteiger partial charge >= 0.3 is 0 Å². The lowest BCUT2D eigenvalue weighted by Crippen LogP contribution is -2.34. The SMILES string of the molecule is CO[C@@H]1[C@@H](O)[C@@H](O)[C@H](CO)[C@@H]1O. The van der Waals surface area contributed by atoms with Crippen LogP contribution in [0.15, 0.2) is 0 Å². The largest absolute Gasteiger partial charge is 0.396 e. The van der Waals surface area contributed by atoms with Gasteiger partial charge in [0.1, 0.15) is 12.2 Å². The number of hydrogen-bond acceptors (Lipinski definition) is 5. The van der Waals surface area contributed by atoms with Gasteiger partial charge in [-0.1, -0.05) is 0 Å². The van der Waals surface area contributed by atoms with Crippen LogP contribution in [0.2, 0.25) is 0 Å². The van der Waals surface area contributed by atoms with Crippen molar-refractivity contribution in [1.29, 1.82) is 0 Å². The smallest absolute Gasteiger partial charge is 0.112 e. The summed E-state index contributed by atoms with van der Waals surface area (Å²) in [4.78, 5) is 0. The Morgan fingerprint density at radius 2 is 1.67 bits per heavy atom. The van der Waals surface area contributed by atoms with Crippen molar-refractivity contribution in [2.45, 2.75) is 24.4 Å². The molecule has 0 amide bonds. The molecule has 0 aromatic rings. The van der Waals surface area contributed by atoms with Crippen molar-refractivity contribution in [3.8, 4) is 0 Å². The molecule has 1 saturated carbocycles. The van der Waals surface area contributed by atoms with Gasteiger partial charge in [-0.3, -0.25) is 0 Å². The maximum Gasteiger partial charge on any atom is 0.112 e. The van der Waals surface area contributed by atoms with Gasteiger partial charge in [0.15, 0.2) is 0 Å². The third-order valence-corrected chi connectivity index (χ3v) is 2.38. The fraction of sp³-hybridized carbons (Fsp3) is 1.00. The number of methoxy groups -OCH3 is 1. The van der Waals surface area contributed by atoms with Crippen LogP contribution in [-0.4, -0.2) is 58.6 Å². The maximum absolute atomic E-state index is 9.38. The van der Waals surface area contributed by atoms with Gasteiger partial charge in [0.05, 0.1) is 18.8 Å². The topological polar surface area (TPSA) is 90.2 Å². The number of hydrogen-bond donors (Lipinski definition) is 4. The summed E-state index contributed by atoms with van der Waals surface area (Å²) in [5, 5.41) is 36.7. The summed E-state index contributed by atoms with van der Waals surface area (Å²) in [6.07, 6.45) is -4.06. The van der Waals surface area contributed by atoms with E-state index < -0.39 is 30.3 Å². The molecule has 0 aromatic heterocycles. The van der Waals surface area contributed by atoms with E-state index in [1.54, 1.807) is 0 Å². The van der Waals surface area contributed by atoms with Crippen LogP contribution in [0, 0.1) is 5.92 Å². The monoisotopic (exact) mass is 178 g/mol. The molecular weight excluding hydrogens is 164 g/mol. The van der Waals surface area contributed by atoms with Crippen LogP contribution in [-0.2, 0) is 4.74 Å². The molecule has 4 N–H and O–H groups in total. The highest BCUT2D eigenvalue weighted by atomic mass is 16.5. The number of aliphatic hydroxyl groups excluding tert-OH is 4. The van der Waals surface area contributed by atoms with Gasteiger partial charge in [0.2, 0.25) is 0 Å². The van der Waals surface area contributed by atoms with Crippen LogP contribution in [0.3, 0.4) is 0 Å². The Bertz CT molecular complexity index is 135. The van der Waals surface area contributed by atoms with Crippen molar-refractivity contribution in [1.82, 2.24) is 0 Å². The molecule has 0 radical (unpaired) electrons. The zero-order valence-corrected chi connectivity index (χ0v) is 6.79. The molecule has 1 aliphatic carbocycles. The lowest BCUT2D eigenvalue weighted by molar-refractivity contribution is -0.0637. The van der Waals surface area contributed by atoms with Crippen LogP contribution in [0.1, 0.15) is 0 Å². The minimum atomic E-state index is -1.12. The Morgan fingerprint density at radius 3 is 1.92 bits per heavy atom. The molecule has 0 unspecified atom stereocenters. The highest BCUT2D eigenvalue weighted by molar-refractivity contribution is 4.98. The van der Waals surface area contributed by atoms with Crippen molar-refractivity contribution in [2.24, 2.45) is 5.92 Å². The van der Waals surface area contributed by atoms with E-state index in [2.05, 4.69) is 0 Å². The minimum absolute atomic E-state index is 0.362. The Labute approximate surface area is 70.2 Å². The molecule has 0 spiro atoms. The van der Waals surface area contributed by atoms with Crippen molar-refractivity contribution in [3.63, 3.8) is 0 Å². The van der Waals surface area contributed by atoms with E-state index in [-0.39, 0.29) is 6.61 Å². The predicted molar refractivity (Wildman–Crippen MR) is 39.4 cm³/mol. The Balaban J connectivity index is 2.71. The first-order valence-electron chi connectivity index (χ1n) is 3.81. The second-order valence-corrected chi connectivity index (χ2v) is 3.02. The average Bonchev–Trinajstić information content (AvgIpc) is 2.25. The molecule has 0 bridgehead atoms. The molecule has 0 aliphatic heterocycles. The summed E-state index contributed by atoms with van der Waals surface area (Å²) in [6.45, 7) is -0.362. The van der Waals surface area contributed by atoms with Crippen molar-refractivity contribution in [2.75, 3.05) is 13.7 Å². The summed E-state index contributed by atoms with van der Waals surface area (Å²) < 4.78 is 4.77. The van der Waals surface area contributed by atoms with Gasteiger partial charge in [-0.05, 0) is 0 Å². The summed E-state index contributed by atoms with van der Waals surface area (Å²) in [7, 11) is 1.34. The Morgan fingerprint density at radius 1 is 1.08 bits per heavy atom. The van der Waals surface area contributed by atoms with E-state index in [1.807, 2.05) is 0 Å². The quantitative estimate of drug-likeness (QED) is 0.382. The van der Waals surface area contributed by atoms with Crippen LogP contribution in [0.5, 0.6) is 0 Å². The van der Waals surface area contributed by atoms with Gasteiger partial charge in [-0.2, -0.15) is 0 Å². The number of ether oxygens (including phenoxy) is 1. The zero-order chi connectivity index (χ0) is 9.30. The summed E-state index contributed by atoms with van der Waals surface area (Å²) in [5.41, 5.74) is 0. The Hall–Kier alpha value is -0.200. The molecule has 1 fully saturated rings. The molecule has 5 heteroatoms. The molecule has 72 valence electrons. The lowest BCUT2D eigenvalue weighted by atomic mass is 10.1. The van der Waals surface area contributed by atoms with Gasteiger partial charge in [-0.25, -0.2) is 0 Å². The van der Waals surface area contributed by atoms with Gasteiger partial charge in [0, 0.05) is 13.0 Å². The summed E-state index contributed by atoms with van der Waals surface area (Å²) >= 11 is 0. The molecule has 0 heterocycles. The van der Waals surface area contributed by atoms with E-state index in [9.17, 15) is 15.3 Å². The number of rotatable bonds is 2. The van der Waals surface area contributed by atoms with Crippen LogP contribution >= 0.6 is 0 Å². The minimum Gasteiger partial charge on any atom is -0.396 e. The summed E-state index contributed by atoms with van der Waals surface area (Å²) in [6, 6.07) is 0. The molecule has 1 aliphatic rings. The van der Waals surface area contributed by atoms with Gasteiger partial charge in [0.25, 0.3) is 0 Å². The fourth-order valence-corrected chi connectivity index (χ4v) is 1.59. The summed E-state index contributed by atoms with van der Waals surface area (Å²) in [5.74, 6) is -0.718. The second kappa shape index (κ2) is 3.68. The average molecular weight is 178 g/mol. The third-order valence-electron chi connectivity index (χ3n) is 2.38. The molecule has 1 rings (SSSR count). The van der Waals surface area contributed by atoms with Crippen molar-refractivity contribution >= 4 is 0 Å². The van der Waals surface area contributed by atoms with Crippen LogP contribution < -0.4 is 0 Å². The standard InChI is InChI=1S/C7H14O5/c1-12-7-5(10)3(2-8)4(9)6(7)11/h3-11H,2H2,1H3/t3-,4-,5-,6-,7-/m0/s1. The molecule has 0 saturated heterocycles. The first kappa shape index (κ1) is 9.88. The molecule has 0 aromatic carbocycles. The highest BCUT2D eigenvalue weighted by Crippen LogP contribution is 2.28. The first-order chi connectivity index (χ1) is 5.63. The van der Waals surface area contributed by atoms with Gasteiger partial charge < -0.3 is 25.2 Å². The Kier molecular flexibility index (Phi) is 3.03. The second-order valence-electron chi connectivity index (χ2n) is 3.02. The van der Waals surface area contributed by atoms with Gasteiger partial charge in [-0.15, -0.1) is 0 Å². The van der Waals surface area contributed by atoms with Crippen molar-refractivity contribution in [3.05, 3.63) is 0 Å². The zero-order valence-electron chi connectivity index (χ0n) is 6.79. The first-order valence-corrected chi connectivity index (χ1v) is 3.81. The van der Waals surface area contributed by atoms with E-state index in [1.165, 1.54) is 7.11 Å². The maximum atomic E-state index is 9.38. The fourth-order valence-electron chi connectivity index (χ4n) is 1.59. The lowest BCUT2D eigenvalue weighted by Gasteiger charge is -2.16. The normalized spacial score (nSPS) is 48.2. The van der Waals surface area contributed by atoms with E-state index in [4.69, 9.17) is 9.84 Å². The molecule has 5 atom stereocenters. The number of aliphatic hydroxyl groups is 4. The van der Waals surface area contributed by atoms with Crippen LogP contribution in [0.25, 0.3) is 0 Å². The third kappa shape index (κ3) is 1.34. The molecule has 12 heavy (non-hydrogen) atoms. The molecular formula is C7H14O5. The highest BCUT2D eigenvalue weighted by Gasteiger charge is 2.48.